The minimum absolute atomic E-state index is 0.0273. The molecule has 1 aromatic rings. The summed E-state index contributed by atoms with van der Waals surface area (Å²) in [6.07, 6.45) is 1.90. The molecule has 1 aromatic carbocycles. The van der Waals surface area contributed by atoms with E-state index >= 15 is 0 Å². The molecule has 0 aromatic heterocycles. The molecule has 1 amide bonds. The Morgan fingerprint density at radius 2 is 1.90 bits per heavy atom. The Morgan fingerprint density at radius 1 is 1.30 bits per heavy atom. The van der Waals surface area contributed by atoms with E-state index in [0.717, 1.165) is 24.2 Å². The van der Waals surface area contributed by atoms with Gasteiger partial charge < -0.3 is 15.5 Å². The van der Waals surface area contributed by atoms with Gasteiger partial charge in [-0.25, -0.2) is 0 Å². The van der Waals surface area contributed by atoms with Gasteiger partial charge in [-0.05, 0) is 36.8 Å². The smallest absolute Gasteiger partial charge is 0.227 e. The molecule has 20 heavy (non-hydrogen) atoms. The van der Waals surface area contributed by atoms with E-state index in [9.17, 15) is 4.79 Å². The Balaban J connectivity index is 2.68. The van der Waals surface area contributed by atoms with E-state index in [-0.39, 0.29) is 11.8 Å². The number of nitrogens with one attached hydrogen (secondary N) is 2. The molecule has 1 rings (SSSR count). The normalized spacial score (nSPS) is 11.6. The topological polar surface area (TPSA) is 44.4 Å². The first-order chi connectivity index (χ1) is 9.43. The molecule has 2 N–H and O–H groups in total. The Bertz CT molecular complexity index is 474. The lowest BCUT2D eigenvalue weighted by atomic mass is 10.1. The number of carbonyl (C=O) groups is 1. The number of hydrogen-bond acceptors (Lipinski definition) is 2. The van der Waals surface area contributed by atoms with Gasteiger partial charge in [0.2, 0.25) is 5.91 Å². The Hall–Kier alpha value is -1.62. The summed E-state index contributed by atoms with van der Waals surface area (Å²) < 4.78 is 0. The molecule has 0 aliphatic carbocycles. The van der Waals surface area contributed by atoms with E-state index < -0.39 is 0 Å². The minimum atomic E-state index is 0.0273. The molecule has 0 aliphatic heterocycles. The average Bonchev–Trinajstić information content (AvgIpc) is 2.39. The maximum absolute atomic E-state index is 12.0. The van der Waals surface area contributed by atoms with Crippen LogP contribution in [0.5, 0.6) is 0 Å². The molecule has 110 valence electrons. The monoisotopic (exact) mass is 293 g/mol. The molecule has 0 radical (unpaired) electrons. The highest BCUT2D eigenvalue weighted by atomic mass is 32.1. The summed E-state index contributed by atoms with van der Waals surface area (Å²) in [6.45, 7) is 4.03. The number of hydrogen-bond donors (Lipinski definition) is 2. The summed E-state index contributed by atoms with van der Waals surface area (Å²) in [5.41, 5.74) is 1.65. The molecular weight excluding hydrogens is 270 g/mol. The molecule has 4 nitrogen and oxygen atoms in total. The highest BCUT2D eigenvalue weighted by Crippen LogP contribution is 2.17. The molecule has 0 saturated carbocycles. The van der Waals surface area contributed by atoms with E-state index in [1.807, 2.05) is 50.2 Å². The molecule has 1 atom stereocenters. The quantitative estimate of drug-likeness (QED) is 0.817. The van der Waals surface area contributed by atoms with Crippen molar-refractivity contribution < 1.29 is 4.79 Å². The number of rotatable bonds is 5. The molecular formula is C15H23N3OS. The van der Waals surface area contributed by atoms with Crippen LogP contribution in [-0.4, -0.2) is 30.0 Å². The van der Waals surface area contributed by atoms with Gasteiger partial charge in [0, 0.05) is 31.4 Å². The third-order valence-corrected chi connectivity index (χ3v) is 3.42. The van der Waals surface area contributed by atoms with E-state index in [0.29, 0.717) is 5.11 Å². The SMILES string of the molecule is CCCC(C)C(=O)Nc1cccc(NC(=S)N(C)C)c1. The van der Waals surface area contributed by atoms with Crippen LogP contribution in [0, 0.1) is 5.92 Å². The standard InChI is InChI=1S/C15H23N3OS/c1-5-7-11(2)14(19)16-12-8-6-9-13(10-12)17-15(20)18(3)4/h6,8-11H,5,7H2,1-4H3,(H,16,19)(H,17,20). The number of nitrogens with zero attached hydrogens (tertiary/aromatic N) is 1. The van der Waals surface area contributed by atoms with Gasteiger partial charge in [-0.3, -0.25) is 4.79 Å². The number of anilines is 2. The fourth-order valence-electron chi connectivity index (χ4n) is 1.74. The second kappa shape index (κ2) is 7.85. The summed E-state index contributed by atoms with van der Waals surface area (Å²) in [5.74, 6) is 0.0821. The lowest BCUT2D eigenvalue weighted by Crippen LogP contribution is -2.27. The molecule has 0 aliphatic rings. The summed E-state index contributed by atoms with van der Waals surface area (Å²) in [5, 5.41) is 6.68. The van der Waals surface area contributed by atoms with Crippen LogP contribution >= 0.6 is 12.2 Å². The van der Waals surface area contributed by atoms with Gasteiger partial charge >= 0.3 is 0 Å². The second-order valence-electron chi connectivity index (χ2n) is 5.08. The van der Waals surface area contributed by atoms with Gasteiger partial charge in [0.15, 0.2) is 5.11 Å². The van der Waals surface area contributed by atoms with Gasteiger partial charge in [-0.1, -0.05) is 26.3 Å². The highest BCUT2D eigenvalue weighted by Gasteiger charge is 2.12. The maximum atomic E-state index is 12.0. The molecule has 0 fully saturated rings. The molecule has 5 heteroatoms. The lowest BCUT2D eigenvalue weighted by molar-refractivity contribution is -0.119. The maximum Gasteiger partial charge on any atom is 0.227 e. The zero-order valence-corrected chi connectivity index (χ0v) is 13.4. The zero-order chi connectivity index (χ0) is 15.1. The van der Waals surface area contributed by atoms with Gasteiger partial charge in [-0.15, -0.1) is 0 Å². The fourth-order valence-corrected chi connectivity index (χ4v) is 1.86. The van der Waals surface area contributed by atoms with Gasteiger partial charge in [0.05, 0.1) is 0 Å². The number of thiocarbonyl (C=S) groups is 1. The van der Waals surface area contributed by atoms with Crippen molar-refractivity contribution in [2.24, 2.45) is 5.92 Å². The minimum Gasteiger partial charge on any atom is -0.355 e. The molecule has 0 heterocycles. The summed E-state index contributed by atoms with van der Waals surface area (Å²) in [6, 6.07) is 7.56. The van der Waals surface area contributed by atoms with Crippen LogP contribution in [0.15, 0.2) is 24.3 Å². The van der Waals surface area contributed by atoms with E-state index in [4.69, 9.17) is 12.2 Å². The van der Waals surface area contributed by atoms with Crippen LogP contribution in [0.3, 0.4) is 0 Å². The van der Waals surface area contributed by atoms with Crippen LogP contribution in [0.2, 0.25) is 0 Å². The van der Waals surface area contributed by atoms with Crippen molar-refractivity contribution in [3.8, 4) is 0 Å². The van der Waals surface area contributed by atoms with E-state index in [1.54, 1.807) is 0 Å². The first kappa shape index (κ1) is 16.4. The van der Waals surface area contributed by atoms with Crippen molar-refractivity contribution >= 4 is 34.6 Å². The first-order valence-corrected chi connectivity index (χ1v) is 7.24. The van der Waals surface area contributed by atoms with Crippen molar-refractivity contribution in [1.82, 2.24) is 4.90 Å². The van der Waals surface area contributed by atoms with Gasteiger partial charge in [0.1, 0.15) is 0 Å². The fraction of sp³-hybridized carbons (Fsp3) is 0.467. The Labute approximate surface area is 126 Å². The van der Waals surface area contributed by atoms with Crippen LogP contribution < -0.4 is 10.6 Å². The van der Waals surface area contributed by atoms with Gasteiger partial charge in [0.25, 0.3) is 0 Å². The highest BCUT2D eigenvalue weighted by molar-refractivity contribution is 7.80. The molecule has 0 spiro atoms. The van der Waals surface area contributed by atoms with Crippen LogP contribution in [0.25, 0.3) is 0 Å². The largest absolute Gasteiger partial charge is 0.355 e. The lowest BCUT2D eigenvalue weighted by Gasteiger charge is -2.16. The van der Waals surface area contributed by atoms with Crippen LogP contribution in [-0.2, 0) is 4.79 Å². The Morgan fingerprint density at radius 3 is 2.45 bits per heavy atom. The van der Waals surface area contributed by atoms with Crippen molar-refractivity contribution in [2.75, 3.05) is 24.7 Å². The zero-order valence-electron chi connectivity index (χ0n) is 12.6. The number of amides is 1. The predicted molar refractivity (Wildman–Crippen MR) is 89.1 cm³/mol. The van der Waals surface area contributed by atoms with Crippen LogP contribution in [0.4, 0.5) is 11.4 Å². The summed E-state index contributed by atoms with van der Waals surface area (Å²) >= 11 is 5.19. The molecule has 0 bridgehead atoms. The second-order valence-corrected chi connectivity index (χ2v) is 5.47. The van der Waals surface area contributed by atoms with Crippen molar-refractivity contribution in [2.45, 2.75) is 26.7 Å². The first-order valence-electron chi connectivity index (χ1n) is 6.83. The number of carbonyl (C=O) groups excluding carboxylic acids is 1. The third-order valence-electron chi connectivity index (χ3n) is 2.96. The van der Waals surface area contributed by atoms with Crippen molar-refractivity contribution in [3.05, 3.63) is 24.3 Å². The van der Waals surface area contributed by atoms with E-state index in [2.05, 4.69) is 17.6 Å². The Kier molecular flexibility index (Phi) is 6.45. The third kappa shape index (κ3) is 5.17. The van der Waals surface area contributed by atoms with Gasteiger partial charge in [-0.2, -0.15) is 0 Å². The number of benzene rings is 1. The molecule has 1 unspecified atom stereocenters. The summed E-state index contributed by atoms with van der Waals surface area (Å²) in [4.78, 5) is 13.8. The van der Waals surface area contributed by atoms with Crippen molar-refractivity contribution in [1.29, 1.82) is 0 Å². The van der Waals surface area contributed by atoms with Crippen molar-refractivity contribution in [3.63, 3.8) is 0 Å². The average molecular weight is 293 g/mol. The van der Waals surface area contributed by atoms with Crippen LogP contribution in [0.1, 0.15) is 26.7 Å². The molecule has 0 saturated heterocycles. The summed E-state index contributed by atoms with van der Waals surface area (Å²) in [7, 11) is 3.76. The predicted octanol–water partition coefficient (Wildman–Crippen LogP) is 3.32. The van der Waals surface area contributed by atoms with E-state index in [1.165, 1.54) is 0 Å².